The number of anilines is 2. The quantitative estimate of drug-likeness (QED) is 0.573. The zero-order valence-corrected chi connectivity index (χ0v) is 14.8. The second-order valence-corrected chi connectivity index (χ2v) is 7.32. The van der Waals surface area contributed by atoms with E-state index in [2.05, 4.69) is 11.4 Å². The van der Waals surface area contributed by atoms with E-state index in [4.69, 9.17) is 10.1 Å². The number of carbonyl (C=O) groups is 1. The van der Waals surface area contributed by atoms with Crippen molar-refractivity contribution in [2.45, 2.75) is 19.3 Å². The number of carbonyl (C=O) groups excluding carboxylic acids is 1. The first kappa shape index (κ1) is 15.3. The Hall–Kier alpha value is -2.99. The Morgan fingerprint density at radius 3 is 2.65 bits per heavy atom. The lowest BCUT2D eigenvalue weighted by molar-refractivity contribution is 0.0973. The van der Waals surface area contributed by atoms with Crippen LogP contribution in [0.15, 0.2) is 54.6 Å². The number of rotatable bonds is 3. The number of nitrogens with zero attached hydrogens (tertiary/aromatic N) is 3. The summed E-state index contributed by atoms with van der Waals surface area (Å²) in [5.74, 6) is 0.771. The van der Waals surface area contributed by atoms with E-state index in [1.54, 1.807) is 11.3 Å². The molecular weight excluding hydrogens is 344 g/mol. The minimum atomic E-state index is 0.150. The highest BCUT2D eigenvalue weighted by atomic mass is 32.1. The van der Waals surface area contributed by atoms with Gasteiger partial charge in [0.2, 0.25) is 5.13 Å². The zero-order chi connectivity index (χ0) is 17.5. The Balaban J connectivity index is 1.66. The van der Waals surface area contributed by atoms with Gasteiger partial charge in [0.25, 0.3) is 0 Å². The second-order valence-electron chi connectivity index (χ2n) is 6.31. The summed E-state index contributed by atoms with van der Waals surface area (Å²) in [5.41, 5.74) is 3.54. The lowest BCUT2D eigenvalue weighted by atomic mass is 9.96. The number of fused-ring (bicyclic) bond motifs is 2. The van der Waals surface area contributed by atoms with Crippen molar-refractivity contribution in [2.75, 3.05) is 5.32 Å². The summed E-state index contributed by atoms with van der Waals surface area (Å²) < 4.78 is 2.97. The highest BCUT2D eigenvalue weighted by molar-refractivity contribution is 7.20. The first-order chi connectivity index (χ1) is 12.8. The fourth-order valence-corrected chi connectivity index (χ4v) is 4.32. The van der Waals surface area contributed by atoms with Gasteiger partial charge in [0.1, 0.15) is 0 Å². The molecule has 26 heavy (non-hydrogen) atoms. The molecular formula is C20H16N4OS. The Kier molecular flexibility index (Phi) is 3.57. The first-order valence-electron chi connectivity index (χ1n) is 8.63. The summed E-state index contributed by atoms with van der Waals surface area (Å²) in [6, 6.07) is 17.9. The van der Waals surface area contributed by atoms with Gasteiger partial charge in [0.05, 0.1) is 21.5 Å². The zero-order valence-electron chi connectivity index (χ0n) is 14.0. The molecule has 1 N–H and O–H groups in total. The molecule has 0 aliphatic heterocycles. The monoisotopic (exact) mass is 360 g/mol. The van der Waals surface area contributed by atoms with Crippen LogP contribution in [0.5, 0.6) is 0 Å². The van der Waals surface area contributed by atoms with Crippen molar-refractivity contribution in [1.82, 2.24) is 14.8 Å². The Morgan fingerprint density at radius 2 is 1.81 bits per heavy atom. The molecule has 0 spiro atoms. The van der Waals surface area contributed by atoms with Gasteiger partial charge >= 0.3 is 0 Å². The maximum Gasteiger partial charge on any atom is 0.211 e. The Bertz CT molecular complexity index is 1080. The molecule has 0 radical (unpaired) electrons. The summed E-state index contributed by atoms with van der Waals surface area (Å²) in [4.78, 5) is 17.3. The number of thiazole rings is 1. The molecule has 128 valence electrons. The maximum atomic E-state index is 12.6. The number of ketones is 1. The molecule has 5 nitrogen and oxygen atoms in total. The molecule has 6 heteroatoms. The largest absolute Gasteiger partial charge is 0.338 e. The number of hydrogen-bond acceptors (Lipinski definition) is 5. The van der Waals surface area contributed by atoms with E-state index >= 15 is 0 Å². The second kappa shape index (κ2) is 6.07. The van der Waals surface area contributed by atoms with Crippen LogP contribution in [0.1, 0.15) is 28.9 Å². The predicted molar refractivity (Wildman–Crippen MR) is 104 cm³/mol. The molecule has 1 aliphatic rings. The lowest BCUT2D eigenvalue weighted by Crippen LogP contribution is -2.13. The van der Waals surface area contributed by atoms with Crippen LogP contribution in [0, 0.1) is 0 Å². The lowest BCUT2D eigenvalue weighted by Gasteiger charge is -2.12. The number of hydrogen-bond donors (Lipinski definition) is 1. The average molecular weight is 360 g/mol. The summed E-state index contributed by atoms with van der Waals surface area (Å²) in [6.45, 7) is 0. The molecule has 2 aromatic heterocycles. The number of para-hydroxylation sites is 2. The molecule has 4 aromatic rings. The van der Waals surface area contributed by atoms with Crippen molar-refractivity contribution in [3.63, 3.8) is 0 Å². The van der Waals surface area contributed by atoms with Crippen LogP contribution in [0.25, 0.3) is 15.3 Å². The third kappa shape index (κ3) is 2.50. The summed E-state index contributed by atoms with van der Waals surface area (Å²) in [5, 5.41) is 8.85. The standard InChI is InChI=1S/C20H16N4OS/c25-16-11-6-10-15-18(16)19(21-13-7-2-1-3-8-13)23-24(15)20-22-14-9-4-5-12-17(14)26-20/h1-5,7-9,12H,6,10-11H2,(H,21,23). The van der Waals surface area contributed by atoms with Gasteiger partial charge < -0.3 is 5.32 Å². The van der Waals surface area contributed by atoms with Gasteiger partial charge in [-0.2, -0.15) is 0 Å². The fourth-order valence-electron chi connectivity index (χ4n) is 3.37. The molecule has 5 rings (SSSR count). The third-order valence-electron chi connectivity index (χ3n) is 4.58. The van der Waals surface area contributed by atoms with E-state index in [-0.39, 0.29) is 5.78 Å². The van der Waals surface area contributed by atoms with Gasteiger partial charge in [0.15, 0.2) is 11.6 Å². The molecule has 0 saturated carbocycles. The van der Waals surface area contributed by atoms with Crippen molar-refractivity contribution >= 4 is 38.8 Å². The molecule has 2 aromatic carbocycles. The highest BCUT2D eigenvalue weighted by Gasteiger charge is 2.28. The van der Waals surface area contributed by atoms with E-state index in [9.17, 15) is 4.79 Å². The number of Topliss-reactive ketones (excluding diaryl/α,β-unsaturated/α-hetero) is 1. The molecule has 0 fully saturated rings. The summed E-state index contributed by atoms with van der Waals surface area (Å²) in [7, 11) is 0. The van der Waals surface area contributed by atoms with E-state index < -0.39 is 0 Å². The van der Waals surface area contributed by atoms with Crippen molar-refractivity contribution in [3.05, 3.63) is 65.9 Å². The van der Waals surface area contributed by atoms with Crippen LogP contribution in [-0.2, 0) is 6.42 Å². The molecule has 2 heterocycles. The minimum absolute atomic E-state index is 0.150. The van der Waals surface area contributed by atoms with Crippen molar-refractivity contribution in [3.8, 4) is 5.13 Å². The van der Waals surface area contributed by atoms with Crippen LogP contribution in [0.3, 0.4) is 0 Å². The summed E-state index contributed by atoms with van der Waals surface area (Å²) >= 11 is 1.59. The van der Waals surface area contributed by atoms with Crippen molar-refractivity contribution < 1.29 is 4.79 Å². The molecule has 1 aliphatic carbocycles. The normalized spacial score (nSPS) is 13.8. The van der Waals surface area contributed by atoms with Gasteiger partial charge in [-0.15, -0.1) is 5.10 Å². The Morgan fingerprint density at radius 1 is 1.00 bits per heavy atom. The highest BCUT2D eigenvalue weighted by Crippen LogP contribution is 2.33. The van der Waals surface area contributed by atoms with E-state index in [1.807, 2.05) is 53.2 Å². The summed E-state index contributed by atoms with van der Waals surface area (Å²) in [6.07, 6.45) is 2.26. The van der Waals surface area contributed by atoms with Crippen LogP contribution in [0.2, 0.25) is 0 Å². The smallest absolute Gasteiger partial charge is 0.211 e. The van der Waals surface area contributed by atoms with Gasteiger partial charge in [-0.1, -0.05) is 41.7 Å². The number of benzene rings is 2. The third-order valence-corrected chi connectivity index (χ3v) is 5.59. The number of nitrogens with one attached hydrogen (secondary N) is 1. The first-order valence-corrected chi connectivity index (χ1v) is 9.44. The van der Waals surface area contributed by atoms with Crippen LogP contribution >= 0.6 is 11.3 Å². The van der Waals surface area contributed by atoms with Gasteiger partial charge in [-0.05, 0) is 37.1 Å². The van der Waals surface area contributed by atoms with E-state index in [1.165, 1.54) is 0 Å². The van der Waals surface area contributed by atoms with Crippen LogP contribution in [-0.4, -0.2) is 20.5 Å². The van der Waals surface area contributed by atoms with Gasteiger partial charge in [0, 0.05) is 12.1 Å². The predicted octanol–water partition coefficient (Wildman–Crippen LogP) is 4.74. The van der Waals surface area contributed by atoms with Crippen molar-refractivity contribution in [1.29, 1.82) is 0 Å². The molecule has 0 saturated heterocycles. The molecule has 0 bridgehead atoms. The van der Waals surface area contributed by atoms with Crippen LogP contribution in [0.4, 0.5) is 11.5 Å². The van der Waals surface area contributed by atoms with Crippen molar-refractivity contribution in [2.24, 2.45) is 0 Å². The molecule has 0 atom stereocenters. The van der Waals surface area contributed by atoms with E-state index in [0.29, 0.717) is 17.8 Å². The fraction of sp³-hybridized carbons (Fsp3) is 0.150. The minimum Gasteiger partial charge on any atom is -0.338 e. The molecule has 0 unspecified atom stereocenters. The topological polar surface area (TPSA) is 59.8 Å². The number of aromatic nitrogens is 3. The van der Waals surface area contributed by atoms with Gasteiger partial charge in [-0.3, -0.25) is 4.79 Å². The Labute approximate surface area is 154 Å². The molecule has 0 amide bonds. The van der Waals surface area contributed by atoms with E-state index in [0.717, 1.165) is 39.6 Å². The van der Waals surface area contributed by atoms with Gasteiger partial charge in [-0.25, -0.2) is 9.67 Å². The SMILES string of the molecule is O=C1CCCc2c1c(Nc1ccccc1)nn2-c1nc2ccccc2s1. The average Bonchev–Trinajstić information content (AvgIpc) is 3.25. The van der Waals surface area contributed by atoms with Crippen LogP contribution < -0.4 is 5.32 Å². The maximum absolute atomic E-state index is 12.6.